The van der Waals surface area contributed by atoms with Crippen molar-refractivity contribution in [2.45, 2.75) is 31.6 Å². The molecule has 1 aromatic carbocycles. The van der Waals surface area contributed by atoms with Crippen molar-refractivity contribution >= 4 is 5.57 Å². The minimum absolute atomic E-state index is 0.261. The van der Waals surface area contributed by atoms with Gasteiger partial charge in [-0.3, -0.25) is 0 Å². The molecule has 1 heteroatoms. The minimum Gasteiger partial charge on any atom is -0.396 e. The molecule has 0 fully saturated rings. The Morgan fingerprint density at radius 2 is 2.00 bits per heavy atom. The van der Waals surface area contributed by atoms with Gasteiger partial charge in [-0.15, -0.1) is 0 Å². The summed E-state index contributed by atoms with van der Waals surface area (Å²) in [6, 6.07) is 8.89. The number of aliphatic hydroxyl groups excluding tert-OH is 1. The third-order valence-corrected chi connectivity index (χ3v) is 5.36. The molecule has 0 radical (unpaired) electrons. The molecule has 1 nitrogen and oxygen atoms in total. The molecular formula is C22H23O+. The van der Waals surface area contributed by atoms with E-state index in [9.17, 15) is 0 Å². The van der Waals surface area contributed by atoms with Gasteiger partial charge in [-0.1, -0.05) is 42.5 Å². The van der Waals surface area contributed by atoms with Crippen molar-refractivity contribution < 1.29 is 5.11 Å². The number of benzene rings is 1. The normalized spacial score (nSPS) is 25.2. The van der Waals surface area contributed by atoms with Gasteiger partial charge < -0.3 is 5.11 Å². The highest BCUT2D eigenvalue weighted by molar-refractivity contribution is 5.79. The first-order chi connectivity index (χ1) is 11.4. The van der Waals surface area contributed by atoms with E-state index >= 15 is 0 Å². The molecule has 0 aliphatic heterocycles. The molecule has 3 aliphatic carbocycles. The highest BCUT2D eigenvalue weighted by atomic mass is 16.2. The Hall–Kier alpha value is -1.99. The molecule has 1 aromatic rings. The Bertz CT molecular complexity index is 717. The Morgan fingerprint density at radius 3 is 2.83 bits per heavy atom. The number of allylic oxidation sites excluding steroid dienone is 7. The van der Waals surface area contributed by atoms with Gasteiger partial charge in [0.2, 0.25) is 0 Å². The van der Waals surface area contributed by atoms with Crippen molar-refractivity contribution in [1.29, 1.82) is 0 Å². The first kappa shape index (κ1) is 14.6. The number of fused-ring (bicyclic) bond motifs is 3. The summed E-state index contributed by atoms with van der Waals surface area (Å²) in [4.78, 5) is 0. The lowest BCUT2D eigenvalue weighted by molar-refractivity contribution is 0.297. The van der Waals surface area contributed by atoms with E-state index in [0.29, 0.717) is 11.8 Å². The van der Waals surface area contributed by atoms with E-state index in [1.54, 1.807) is 0 Å². The van der Waals surface area contributed by atoms with Crippen molar-refractivity contribution in [2.75, 3.05) is 6.61 Å². The lowest BCUT2D eigenvalue weighted by Crippen LogP contribution is -2.11. The average molecular weight is 303 g/mol. The topological polar surface area (TPSA) is 20.2 Å². The van der Waals surface area contributed by atoms with E-state index in [2.05, 4.69) is 61.1 Å². The summed E-state index contributed by atoms with van der Waals surface area (Å²) in [5, 5.41) is 9.07. The predicted octanol–water partition coefficient (Wildman–Crippen LogP) is 4.98. The van der Waals surface area contributed by atoms with Gasteiger partial charge in [0.25, 0.3) is 0 Å². The molecule has 23 heavy (non-hydrogen) atoms. The van der Waals surface area contributed by atoms with Gasteiger partial charge >= 0.3 is 0 Å². The number of hydrogen-bond donors (Lipinski definition) is 1. The fourth-order valence-corrected chi connectivity index (χ4v) is 4.17. The Kier molecular flexibility index (Phi) is 3.97. The van der Waals surface area contributed by atoms with Crippen LogP contribution in [0.5, 0.6) is 0 Å². The maximum Gasteiger partial charge on any atom is 0.108 e. The second-order valence-electron chi connectivity index (χ2n) is 6.71. The Balaban J connectivity index is 1.60. The molecule has 3 aliphatic rings. The quantitative estimate of drug-likeness (QED) is 0.778. The van der Waals surface area contributed by atoms with Crippen LogP contribution in [0.15, 0.2) is 65.8 Å². The first-order valence-electron chi connectivity index (χ1n) is 8.67. The molecule has 0 heterocycles. The molecule has 1 N–H and O–H groups in total. The second-order valence-corrected chi connectivity index (χ2v) is 6.71. The Labute approximate surface area is 138 Å². The molecule has 0 saturated carbocycles. The smallest absolute Gasteiger partial charge is 0.108 e. The minimum atomic E-state index is 0.261. The van der Waals surface area contributed by atoms with Crippen molar-refractivity contribution in [1.82, 2.24) is 0 Å². The molecule has 0 saturated heterocycles. The summed E-state index contributed by atoms with van der Waals surface area (Å²) < 4.78 is 0. The van der Waals surface area contributed by atoms with Gasteiger partial charge in [-0.2, -0.15) is 0 Å². The van der Waals surface area contributed by atoms with E-state index in [-0.39, 0.29) is 6.61 Å². The Morgan fingerprint density at radius 1 is 1.09 bits per heavy atom. The van der Waals surface area contributed by atoms with Crippen LogP contribution >= 0.6 is 0 Å². The monoisotopic (exact) mass is 303 g/mol. The fraction of sp³-hybridized carbons (Fsp3) is 0.318. The molecule has 0 spiro atoms. The van der Waals surface area contributed by atoms with Crippen LogP contribution in [-0.2, 0) is 0 Å². The average Bonchev–Trinajstić information content (AvgIpc) is 2.92. The highest BCUT2D eigenvalue weighted by Gasteiger charge is 2.40. The van der Waals surface area contributed by atoms with Crippen LogP contribution in [-0.4, -0.2) is 11.7 Å². The third kappa shape index (κ3) is 2.70. The van der Waals surface area contributed by atoms with Crippen LogP contribution in [0.1, 0.15) is 42.7 Å². The molecular weight excluding hydrogens is 280 g/mol. The van der Waals surface area contributed by atoms with E-state index in [4.69, 9.17) is 5.11 Å². The summed E-state index contributed by atoms with van der Waals surface area (Å²) in [5.74, 6) is 1.10. The summed E-state index contributed by atoms with van der Waals surface area (Å²) in [6.45, 7) is 0.261. The van der Waals surface area contributed by atoms with Crippen molar-refractivity contribution in [3.8, 4) is 0 Å². The molecule has 0 bridgehead atoms. The van der Waals surface area contributed by atoms with Gasteiger partial charge in [0, 0.05) is 25.0 Å². The number of rotatable bonds is 4. The van der Waals surface area contributed by atoms with E-state index < -0.39 is 0 Å². The summed E-state index contributed by atoms with van der Waals surface area (Å²) in [7, 11) is 0. The highest BCUT2D eigenvalue weighted by Crippen LogP contribution is 2.51. The van der Waals surface area contributed by atoms with Crippen molar-refractivity contribution in [2.24, 2.45) is 5.92 Å². The van der Waals surface area contributed by atoms with Crippen LogP contribution in [0.3, 0.4) is 0 Å². The second kappa shape index (κ2) is 6.25. The SMILES string of the molecule is OCCC1=CC=C([CH+]C2c3ccccc3C3=CC=CCC32)CC1. The zero-order valence-electron chi connectivity index (χ0n) is 13.4. The predicted molar refractivity (Wildman–Crippen MR) is 95.8 cm³/mol. The van der Waals surface area contributed by atoms with Gasteiger partial charge in [-0.25, -0.2) is 0 Å². The molecule has 2 unspecified atom stereocenters. The van der Waals surface area contributed by atoms with Crippen LogP contribution in [0.4, 0.5) is 0 Å². The fourth-order valence-electron chi connectivity index (χ4n) is 4.17. The van der Waals surface area contributed by atoms with E-state index in [0.717, 1.165) is 25.7 Å². The van der Waals surface area contributed by atoms with Gasteiger partial charge in [0.1, 0.15) is 5.57 Å². The largest absolute Gasteiger partial charge is 0.396 e. The maximum atomic E-state index is 9.07. The van der Waals surface area contributed by atoms with Crippen LogP contribution < -0.4 is 0 Å². The third-order valence-electron chi connectivity index (χ3n) is 5.36. The van der Waals surface area contributed by atoms with Crippen LogP contribution in [0, 0.1) is 12.3 Å². The van der Waals surface area contributed by atoms with E-state index in [1.165, 1.54) is 27.8 Å². The molecule has 0 amide bonds. The summed E-state index contributed by atoms with van der Waals surface area (Å²) in [6.07, 6.45) is 17.9. The van der Waals surface area contributed by atoms with Gasteiger partial charge in [0.05, 0.1) is 18.4 Å². The van der Waals surface area contributed by atoms with Crippen LogP contribution in [0.25, 0.3) is 5.57 Å². The standard InChI is InChI=1S/C22H23O/c23-14-13-16-9-11-17(12-10-16)15-22-20-7-3-1-5-18(20)19-6-2-4-8-21(19)22/h1-7,9,11,15,21-23H,8,10,12-14H2/q+1. The summed E-state index contributed by atoms with van der Waals surface area (Å²) >= 11 is 0. The number of hydrogen-bond acceptors (Lipinski definition) is 1. The molecule has 2 atom stereocenters. The molecule has 0 aromatic heterocycles. The maximum absolute atomic E-state index is 9.07. The molecule has 116 valence electrons. The zero-order valence-corrected chi connectivity index (χ0v) is 13.4. The lowest BCUT2D eigenvalue weighted by atomic mass is 9.80. The molecule has 4 rings (SSSR count). The van der Waals surface area contributed by atoms with Gasteiger partial charge in [-0.05, 0) is 41.5 Å². The first-order valence-corrected chi connectivity index (χ1v) is 8.67. The van der Waals surface area contributed by atoms with Crippen molar-refractivity contribution in [3.63, 3.8) is 0 Å². The van der Waals surface area contributed by atoms with Gasteiger partial charge in [0.15, 0.2) is 0 Å². The lowest BCUT2D eigenvalue weighted by Gasteiger charge is -2.19. The van der Waals surface area contributed by atoms with E-state index in [1.807, 2.05) is 0 Å². The zero-order chi connectivity index (χ0) is 15.6. The van der Waals surface area contributed by atoms with Crippen LogP contribution in [0.2, 0.25) is 0 Å². The van der Waals surface area contributed by atoms with Crippen molar-refractivity contribution in [3.05, 3.63) is 83.3 Å². The number of aliphatic hydroxyl groups is 1. The summed E-state index contributed by atoms with van der Waals surface area (Å²) in [5.41, 5.74) is 7.26.